The van der Waals surface area contributed by atoms with Gasteiger partial charge in [-0.05, 0) is 35.6 Å². The number of benzene rings is 2. The van der Waals surface area contributed by atoms with Gasteiger partial charge in [0.25, 0.3) is 0 Å². The Morgan fingerprint density at radius 3 is 2.09 bits per heavy atom. The molecule has 2 atom stereocenters. The van der Waals surface area contributed by atoms with Gasteiger partial charge >= 0.3 is 18.0 Å². The van der Waals surface area contributed by atoms with E-state index in [9.17, 15) is 24.3 Å². The first kappa shape index (κ1) is 23.8. The third-order valence-corrected chi connectivity index (χ3v) is 5.55. The second kappa shape index (κ2) is 10.6. The Morgan fingerprint density at radius 1 is 0.970 bits per heavy atom. The van der Waals surface area contributed by atoms with Crippen LogP contribution in [0, 0.1) is 0 Å². The number of carbonyl (C=O) groups excluding carboxylic acids is 3. The third-order valence-electron chi connectivity index (χ3n) is 5.55. The van der Waals surface area contributed by atoms with Gasteiger partial charge in [-0.15, -0.1) is 0 Å². The molecule has 0 bridgehead atoms. The zero-order valence-corrected chi connectivity index (χ0v) is 18.4. The fourth-order valence-electron chi connectivity index (χ4n) is 3.80. The maximum absolute atomic E-state index is 12.3. The summed E-state index contributed by atoms with van der Waals surface area (Å²) in [6.07, 6.45) is -1.09. The van der Waals surface area contributed by atoms with E-state index < -0.39 is 36.0 Å². The number of carbonyl (C=O) groups is 4. The lowest BCUT2D eigenvalue weighted by atomic mass is 9.98. The number of alkyl carbamates (subject to hydrolysis) is 1. The molecule has 9 heteroatoms. The number of methoxy groups -OCH3 is 1. The Balaban J connectivity index is 1.55. The van der Waals surface area contributed by atoms with Gasteiger partial charge in [0.15, 0.2) is 0 Å². The van der Waals surface area contributed by atoms with E-state index in [2.05, 4.69) is 15.4 Å². The fraction of sp³-hybridized carbons (Fsp3) is 0.333. The predicted molar refractivity (Wildman–Crippen MR) is 118 cm³/mol. The molecule has 0 spiro atoms. The van der Waals surface area contributed by atoms with Crippen LogP contribution in [0.1, 0.15) is 36.8 Å². The first-order valence-electron chi connectivity index (χ1n) is 10.5. The minimum Gasteiger partial charge on any atom is -0.480 e. The molecule has 174 valence electrons. The monoisotopic (exact) mass is 454 g/mol. The largest absolute Gasteiger partial charge is 0.480 e. The number of fused-ring (bicyclic) bond motifs is 3. The van der Waals surface area contributed by atoms with Gasteiger partial charge in [-0.1, -0.05) is 48.5 Å². The van der Waals surface area contributed by atoms with Crippen LogP contribution in [-0.2, 0) is 23.9 Å². The predicted octanol–water partition coefficient (Wildman–Crippen LogP) is 2.44. The number of hydrogen-bond donors (Lipinski definition) is 3. The van der Waals surface area contributed by atoms with Crippen LogP contribution in [0.15, 0.2) is 48.5 Å². The minimum absolute atomic E-state index is 0.0884. The number of carboxylic acids is 1. The highest BCUT2D eigenvalue weighted by Crippen LogP contribution is 2.44. The Kier molecular flexibility index (Phi) is 7.66. The summed E-state index contributed by atoms with van der Waals surface area (Å²) in [6, 6.07) is 13.5. The van der Waals surface area contributed by atoms with E-state index in [0.717, 1.165) is 22.3 Å². The van der Waals surface area contributed by atoms with Gasteiger partial charge in [0.1, 0.15) is 18.7 Å². The second-order valence-corrected chi connectivity index (χ2v) is 7.71. The Hall–Kier alpha value is -3.88. The van der Waals surface area contributed by atoms with Crippen molar-refractivity contribution in [1.29, 1.82) is 0 Å². The van der Waals surface area contributed by atoms with Crippen LogP contribution in [0.4, 0.5) is 4.79 Å². The van der Waals surface area contributed by atoms with E-state index >= 15 is 0 Å². The molecule has 0 saturated heterocycles. The summed E-state index contributed by atoms with van der Waals surface area (Å²) in [5.41, 5.74) is 4.32. The Bertz CT molecular complexity index is 1010. The quantitative estimate of drug-likeness (QED) is 0.496. The first-order chi connectivity index (χ1) is 15.8. The third kappa shape index (κ3) is 5.68. The molecule has 0 saturated carbocycles. The average molecular weight is 454 g/mol. The highest BCUT2D eigenvalue weighted by atomic mass is 16.5. The molecule has 2 aromatic rings. The van der Waals surface area contributed by atoms with Crippen molar-refractivity contribution in [3.63, 3.8) is 0 Å². The van der Waals surface area contributed by atoms with Gasteiger partial charge in [-0.2, -0.15) is 0 Å². The van der Waals surface area contributed by atoms with Crippen molar-refractivity contribution in [1.82, 2.24) is 10.6 Å². The summed E-state index contributed by atoms with van der Waals surface area (Å²) < 4.78 is 9.88. The first-order valence-corrected chi connectivity index (χ1v) is 10.5. The number of aliphatic carboxylic acids is 1. The van der Waals surface area contributed by atoms with Crippen LogP contribution in [0.5, 0.6) is 0 Å². The van der Waals surface area contributed by atoms with Crippen LogP contribution >= 0.6 is 0 Å². The lowest BCUT2D eigenvalue weighted by molar-refractivity contribution is -0.144. The Labute approximate surface area is 191 Å². The SMILES string of the molecule is COC(=O)CC[C@H](NC(=O)[C@@H](C)NC(=O)OCC1c2ccccc2-c2ccccc21)C(=O)O. The molecular formula is C24H26N2O7. The molecule has 2 amide bonds. The molecule has 0 unspecified atom stereocenters. The van der Waals surface area contributed by atoms with Crippen molar-refractivity contribution < 1.29 is 33.8 Å². The fourth-order valence-corrected chi connectivity index (χ4v) is 3.80. The highest BCUT2D eigenvalue weighted by molar-refractivity contribution is 5.89. The molecule has 9 nitrogen and oxygen atoms in total. The summed E-state index contributed by atoms with van der Waals surface area (Å²) in [5.74, 6) is -2.70. The summed E-state index contributed by atoms with van der Waals surface area (Å²) in [4.78, 5) is 47.2. The standard InChI is InChI=1S/C24H26N2O7/c1-14(22(28)26-20(23(29)30)11-12-21(27)32-2)25-24(31)33-13-19-17-9-5-3-7-15(17)16-8-4-6-10-18(16)19/h3-10,14,19-20H,11-13H2,1-2H3,(H,25,31)(H,26,28)(H,29,30)/t14-,20+/m1/s1. The molecule has 33 heavy (non-hydrogen) atoms. The maximum Gasteiger partial charge on any atom is 0.407 e. The van der Waals surface area contributed by atoms with E-state index in [1.165, 1.54) is 14.0 Å². The van der Waals surface area contributed by atoms with E-state index in [-0.39, 0.29) is 25.4 Å². The lowest BCUT2D eigenvalue weighted by Crippen LogP contribution is -2.50. The summed E-state index contributed by atoms with van der Waals surface area (Å²) in [6.45, 7) is 1.50. The molecule has 0 fully saturated rings. The number of esters is 1. The molecule has 0 heterocycles. The number of ether oxygens (including phenoxy) is 2. The normalized spacial score (nSPS) is 13.8. The average Bonchev–Trinajstić information content (AvgIpc) is 3.13. The number of rotatable bonds is 9. The van der Waals surface area contributed by atoms with Gasteiger partial charge < -0.3 is 25.2 Å². The van der Waals surface area contributed by atoms with Gasteiger partial charge in [0.05, 0.1) is 7.11 Å². The van der Waals surface area contributed by atoms with E-state index in [1.54, 1.807) is 0 Å². The minimum atomic E-state index is -1.29. The molecule has 3 N–H and O–H groups in total. The van der Waals surface area contributed by atoms with E-state index in [4.69, 9.17) is 4.74 Å². The van der Waals surface area contributed by atoms with Gasteiger partial charge in [-0.25, -0.2) is 9.59 Å². The molecule has 0 aromatic heterocycles. The highest BCUT2D eigenvalue weighted by Gasteiger charge is 2.30. The van der Waals surface area contributed by atoms with Gasteiger partial charge in [-0.3, -0.25) is 9.59 Å². The van der Waals surface area contributed by atoms with Crippen LogP contribution in [0.3, 0.4) is 0 Å². The van der Waals surface area contributed by atoms with Crippen LogP contribution in [-0.4, -0.2) is 54.8 Å². The topological polar surface area (TPSA) is 131 Å². The van der Waals surface area contributed by atoms with Gasteiger partial charge in [0, 0.05) is 12.3 Å². The van der Waals surface area contributed by atoms with Crippen molar-refractivity contribution in [2.75, 3.05) is 13.7 Å². The lowest BCUT2D eigenvalue weighted by Gasteiger charge is -2.19. The smallest absolute Gasteiger partial charge is 0.407 e. The molecule has 0 aliphatic heterocycles. The van der Waals surface area contributed by atoms with Crippen molar-refractivity contribution in [3.05, 3.63) is 59.7 Å². The van der Waals surface area contributed by atoms with Crippen molar-refractivity contribution in [2.24, 2.45) is 0 Å². The summed E-state index contributed by atoms with van der Waals surface area (Å²) in [7, 11) is 1.19. The number of nitrogens with one attached hydrogen (secondary N) is 2. The Morgan fingerprint density at radius 2 is 1.55 bits per heavy atom. The van der Waals surface area contributed by atoms with Crippen molar-refractivity contribution in [3.8, 4) is 11.1 Å². The molecular weight excluding hydrogens is 428 g/mol. The maximum atomic E-state index is 12.3. The van der Waals surface area contributed by atoms with Crippen molar-refractivity contribution in [2.45, 2.75) is 37.8 Å². The number of amides is 2. The van der Waals surface area contributed by atoms with E-state index in [0.29, 0.717) is 0 Å². The van der Waals surface area contributed by atoms with Crippen LogP contribution < -0.4 is 10.6 Å². The second-order valence-electron chi connectivity index (χ2n) is 7.71. The van der Waals surface area contributed by atoms with Gasteiger partial charge in [0.2, 0.25) is 5.91 Å². The van der Waals surface area contributed by atoms with E-state index in [1.807, 2.05) is 48.5 Å². The summed E-state index contributed by atoms with van der Waals surface area (Å²) in [5, 5.41) is 14.0. The molecule has 0 radical (unpaired) electrons. The number of carboxylic acid groups (broad SMARTS) is 1. The van der Waals surface area contributed by atoms with Crippen LogP contribution in [0.2, 0.25) is 0 Å². The van der Waals surface area contributed by atoms with Crippen LogP contribution in [0.25, 0.3) is 11.1 Å². The molecule has 1 aliphatic carbocycles. The summed E-state index contributed by atoms with van der Waals surface area (Å²) >= 11 is 0. The molecule has 1 aliphatic rings. The van der Waals surface area contributed by atoms with Crippen molar-refractivity contribution >= 4 is 23.9 Å². The number of hydrogen-bond acceptors (Lipinski definition) is 6. The zero-order chi connectivity index (χ0) is 24.0. The zero-order valence-electron chi connectivity index (χ0n) is 18.4. The molecule has 3 rings (SSSR count). The molecule has 2 aromatic carbocycles.